The second-order valence-electron chi connectivity index (χ2n) is 5.55. The van der Waals surface area contributed by atoms with E-state index in [1.54, 1.807) is 24.8 Å². The fraction of sp³-hybridized carbons (Fsp3) is 0.294. The van der Waals surface area contributed by atoms with Gasteiger partial charge in [-0.25, -0.2) is 0 Å². The number of anilines is 2. The summed E-state index contributed by atoms with van der Waals surface area (Å²) in [6, 6.07) is 7.36. The molecule has 1 aromatic carbocycles. The Morgan fingerprint density at radius 3 is 2.64 bits per heavy atom. The highest BCUT2D eigenvalue weighted by Gasteiger charge is 2.22. The van der Waals surface area contributed by atoms with Crippen LogP contribution in [-0.2, 0) is 11.2 Å². The molecule has 2 aromatic rings. The van der Waals surface area contributed by atoms with Crippen LogP contribution in [0.15, 0.2) is 28.7 Å². The van der Waals surface area contributed by atoms with Crippen molar-refractivity contribution in [3.05, 3.63) is 46.9 Å². The molecule has 0 radical (unpaired) electrons. The number of carbonyl (C=O) groups excluding carboxylic acids is 2. The molecule has 0 spiro atoms. The SMILES string of the molecule is CC(=O)N1CCc2cc(NC(=O)c3cc(C)oc3C)ccc21. The van der Waals surface area contributed by atoms with Crippen LogP contribution in [-0.4, -0.2) is 18.4 Å². The van der Waals surface area contributed by atoms with Crippen molar-refractivity contribution in [2.75, 3.05) is 16.8 Å². The van der Waals surface area contributed by atoms with Gasteiger partial charge in [0.1, 0.15) is 11.5 Å². The first-order valence-electron chi connectivity index (χ1n) is 7.25. The van der Waals surface area contributed by atoms with Crippen LogP contribution in [0.5, 0.6) is 0 Å². The normalized spacial score (nSPS) is 13.1. The molecule has 5 nitrogen and oxygen atoms in total. The van der Waals surface area contributed by atoms with Gasteiger partial charge in [0.25, 0.3) is 5.91 Å². The highest BCUT2D eigenvalue weighted by Crippen LogP contribution is 2.30. The third-order valence-electron chi connectivity index (χ3n) is 3.90. The molecule has 3 rings (SSSR count). The Morgan fingerprint density at radius 2 is 2.00 bits per heavy atom. The average Bonchev–Trinajstić information content (AvgIpc) is 3.01. The van der Waals surface area contributed by atoms with Crippen molar-refractivity contribution < 1.29 is 14.0 Å². The fourth-order valence-electron chi connectivity index (χ4n) is 2.86. The van der Waals surface area contributed by atoms with Crippen molar-refractivity contribution in [3.63, 3.8) is 0 Å². The van der Waals surface area contributed by atoms with Crippen LogP contribution < -0.4 is 10.2 Å². The summed E-state index contributed by atoms with van der Waals surface area (Å²) in [5, 5.41) is 2.88. The molecular formula is C17H18N2O3. The summed E-state index contributed by atoms with van der Waals surface area (Å²) < 4.78 is 5.38. The fourth-order valence-corrected chi connectivity index (χ4v) is 2.86. The van der Waals surface area contributed by atoms with Gasteiger partial charge in [0, 0.05) is 24.8 Å². The van der Waals surface area contributed by atoms with Crippen molar-refractivity contribution in [1.29, 1.82) is 0 Å². The van der Waals surface area contributed by atoms with Gasteiger partial charge in [-0.3, -0.25) is 9.59 Å². The number of fused-ring (bicyclic) bond motifs is 1. The third kappa shape index (κ3) is 2.50. The molecule has 1 aromatic heterocycles. The van der Waals surface area contributed by atoms with E-state index < -0.39 is 0 Å². The summed E-state index contributed by atoms with van der Waals surface area (Å²) in [5.74, 6) is 1.18. The molecule has 0 saturated carbocycles. The molecule has 1 N–H and O–H groups in total. The lowest BCUT2D eigenvalue weighted by molar-refractivity contribution is -0.116. The smallest absolute Gasteiger partial charge is 0.259 e. The zero-order valence-corrected chi connectivity index (χ0v) is 12.9. The Bertz CT molecular complexity index is 761. The van der Waals surface area contributed by atoms with Crippen molar-refractivity contribution in [2.45, 2.75) is 27.2 Å². The van der Waals surface area contributed by atoms with E-state index in [2.05, 4.69) is 5.32 Å². The molecule has 1 aliphatic heterocycles. The average molecular weight is 298 g/mol. The summed E-state index contributed by atoms with van der Waals surface area (Å²) >= 11 is 0. The molecule has 0 atom stereocenters. The zero-order valence-electron chi connectivity index (χ0n) is 12.9. The van der Waals surface area contributed by atoms with Gasteiger partial charge in [0.2, 0.25) is 5.91 Å². The summed E-state index contributed by atoms with van der Waals surface area (Å²) in [7, 11) is 0. The molecule has 0 unspecified atom stereocenters. The minimum atomic E-state index is -0.185. The largest absolute Gasteiger partial charge is 0.466 e. The maximum Gasteiger partial charge on any atom is 0.259 e. The second kappa shape index (κ2) is 5.33. The van der Waals surface area contributed by atoms with Crippen LogP contribution in [0.4, 0.5) is 11.4 Å². The Kier molecular flexibility index (Phi) is 3.48. The van der Waals surface area contributed by atoms with Gasteiger partial charge in [0.15, 0.2) is 0 Å². The van der Waals surface area contributed by atoms with Crippen molar-refractivity contribution in [1.82, 2.24) is 0 Å². The lowest BCUT2D eigenvalue weighted by Crippen LogP contribution is -2.25. The van der Waals surface area contributed by atoms with Crippen LogP contribution in [0, 0.1) is 13.8 Å². The predicted molar refractivity (Wildman–Crippen MR) is 84.3 cm³/mol. The lowest BCUT2D eigenvalue weighted by atomic mass is 10.1. The number of benzene rings is 1. The number of hydrogen-bond donors (Lipinski definition) is 1. The van der Waals surface area contributed by atoms with Gasteiger partial charge >= 0.3 is 0 Å². The molecule has 1 aliphatic rings. The van der Waals surface area contributed by atoms with Gasteiger partial charge in [-0.1, -0.05) is 0 Å². The minimum absolute atomic E-state index is 0.0417. The summed E-state index contributed by atoms with van der Waals surface area (Å²) in [5.41, 5.74) is 3.28. The first kappa shape index (κ1) is 14.4. The van der Waals surface area contributed by atoms with E-state index >= 15 is 0 Å². The van der Waals surface area contributed by atoms with Crippen LogP contribution in [0.25, 0.3) is 0 Å². The number of furan rings is 1. The number of hydrogen-bond acceptors (Lipinski definition) is 3. The van der Waals surface area contributed by atoms with Crippen LogP contribution >= 0.6 is 0 Å². The lowest BCUT2D eigenvalue weighted by Gasteiger charge is -2.15. The molecule has 22 heavy (non-hydrogen) atoms. The molecule has 2 heterocycles. The first-order chi connectivity index (χ1) is 10.5. The zero-order chi connectivity index (χ0) is 15.9. The van der Waals surface area contributed by atoms with Crippen LogP contribution in [0.1, 0.15) is 34.4 Å². The van der Waals surface area contributed by atoms with E-state index in [0.29, 0.717) is 23.6 Å². The summed E-state index contributed by atoms with van der Waals surface area (Å²) in [6.45, 7) is 5.85. The Balaban J connectivity index is 1.81. The minimum Gasteiger partial charge on any atom is -0.466 e. The Morgan fingerprint density at radius 1 is 1.23 bits per heavy atom. The molecule has 0 bridgehead atoms. The number of carbonyl (C=O) groups is 2. The third-order valence-corrected chi connectivity index (χ3v) is 3.90. The summed E-state index contributed by atoms with van der Waals surface area (Å²) in [4.78, 5) is 25.6. The maximum absolute atomic E-state index is 12.3. The van der Waals surface area contributed by atoms with Gasteiger partial charge in [-0.2, -0.15) is 0 Å². The number of amides is 2. The van der Waals surface area contributed by atoms with Crippen molar-refractivity contribution in [3.8, 4) is 0 Å². The molecule has 0 fully saturated rings. The van der Waals surface area contributed by atoms with Gasteiger partial charge < -0.3 is 14.6 Å². The molecule has 5 heteroatoms. The van der Waals surface area contributed by atoms with Crippen molar-refractivity contribution in [2.24, 2.45) is 0 Å². The number of aryl methyl sites for hydroxylation is 2. The van der Waals surface area contributed by atoms with E-state index in [-0.39, 0.29) is 11.8 Å². The first-order valence-corrected chi connectivity index (χ1v) is 7.25. The van der Waals surface area contributed by atoms with Crippen LogP contribution in [0.2, 0.25) is 0 Å². The van der Waals surface area contributed by atoms with Gasteiger partial charge in [-0.05, 0) is 50.1 Å². The highest BCUT2D eigenvalue weighted by molar-refractivity contribution is 6.05. The molecule has 114 valence electrons. The molecule has 2 amide bonds. The van der Waals surface area contributed by atoms with E-state index in [1.165, 1.54) is 0 Å². The van der Waals surface area contributed by atoms with Crippen molar-refractivity contribution >= 4 is 23.2 Å². The van der Waals surface area contributed by atoms with E-state index in [0.717, 1.165) is 23.4 Å². The standard InChI is InChI=1S/C17H18N2O3/c1-10-8-15(11(2)22-10)17(21)18-14-4-5-16-13(9-14)6-7-19(16)12(3)20/h4-5,8-9H,6-7H2,1-3H3,(H,18,21). The number of nitrogens with zero attached hydrogens (tertiary/aromatic N) is 1. The maximum atomic E-state index is 12.3. The van der Waals surface area contributed by atoms with Crippen LogP contribution in [0.3, 0.4) is 0 Å². The monoisotopic (exact) mass is 298 g/mol. The summed E-state index contributed by atoms with van der Waals surface area (Å²) in [6.07, 6.45) is 0.808. The Hall–Kier alpha value is -2.56. The topological polar surface area (TPSA) is 62.6 Å². The van der Waals surface area contributed by atoms with E-state index in [9.17, 15) is 9.59 Å². The molecular weight excluding hydrogens is 280 g/mol. The quantitative estimate of drug-likeness (QED) is 0.927. The highest BCUT2D eigenvalue weighted by atomic mass is 16.3. The molecule has 0 saturated heterocycles. The van der Waals surface area contributed by atoms with Gasteiger partial charge in [-0.15, -0.1) is 0 Å². The Labute approximate surface area is 128 Å². The van der Waals surface area contributed by atoms with Gasteiger partial charge in [0.05, 0.1) is 5.56 Å². The molecule has 0 aliphatic carbocycles. The number of nitrogens with one attached hydrogen (secondary N) is 1. The predicted octanol–water partition coefficient (Wildman–Crippen LogP) is 3.06. The van der Waals surface area contributed by atoms with E-state index in [4.69, 9.17) is 4.42 Å². The number of rotatable bonds is 2. The van der Waals surface area contributed by atoms with E-state index in [1.807, 2.05) is 25.1 Å². The second-order valence-corrected chi connectivity index (χ2v) is 5.55.